The molecule has 2 aromatic rings. The molecule has 7 heteroatoms. The van der Waals surface area contributed by atoms with Gasteiger partial charge in [-0.3, -0.25) is 0 Å². The molecule has 0 aliphatic heterocycles. The number of rotatable bonds is 10. The van der Waals surface area contributed by atoms with E-state index < -0.39 is 14.4 Å². The van der Waals surface area contributed by atoms with Gasteiger partial charge in [-0.15, -0.1) is 12.3 Å². The second kappa shape index (κ2) is 12.3. The number of nitrogens with one attached hydrogen (secondary N) is 1. The number of benzene rings is 2. The summed E-state index contributed by atoms with van der Waals surface area (Å²) < 4.78 is 17.5. The van der Waals surface area contributed by atoms with Crippen LogP contribution >= 0.6 is 11.6 Å². The summed E-state index contributed by atoms with van der Waals surface area (Å²) in [7, 11) is -0.577. The molecule has 0 saturated heterocycles. The maximum atomic E-state index is 12.8. The lowest BCUT2D eigenvalue weighted by Crippen LogP contribution is -2.48. The molecule has 0 heterocycles. The average molecular weight is 502 g/mol. The summed E-state index contributed by atoms with van der Waals surface area (Å²) in [6.45, 7) is 11.1. The van der Waals surface area contributed by atoms with E-state index in [-0.39, 0.29) is 23.8 Å². The molecule has 0 spiro atoms. The Morgan fingerprint density at radius 1 is 1.12 bits per heavy atom. The average Bonchev–Trinajstić information content (AvgIpc) is 2.79. The van der Waals surface area contributed by atoms with Crippen LogP contribution in [0.15, 0.2) is 48.5 Å². The Balaban J connectivity index is 2.24. The Hall–Kier alpha value is -2.46. The molecule has 0 aromatic heterocycles. The van der Waals surface area contributed by atoms with Crippen LogP contribution in [0.4, 0.5) is 4.79 Å². The first-order valence-corrected chi connectivity index (χ1v) is 14.7. The highest BCUT2D eigenvalue weighted by Gasteiger charge is 2.41. The third-order valence-electron chi connectivity index (χ3n) is 6.22. The van der Waals surface area contributed by atoms with Gasteiger partial charge in [0.25, 0.3) is 0 Å². The zero-order chi connectivity index (χ0) is 25.4. The predicted molar refractivity (Wildman–Crippen MR) is 141 cm³/mol. The number of alkyl carbamates (subject to hydrolysis) is 1. The minimum atomic E-state index is -2.19. The van der Waals surface area contributed by atoms with E-state index in [1.54, 1.807) is 7.11 Å². The molecule has 0 saturated carbocycles. The molecular weight excluding hydrogens is 466 g/mol. The third-order valence-corrected chi connectivity index (χ3v) is 10.9. The summed E-state index contributed by atoms with van der Waals surface area (Å²) in [6.07, 6.45) is 5.71. The monoisotopic (exact) mass is 501 g/mol. The molecule has 0 fully saturated rings. The second-order valence-corrected chi connectivity index (χ2v) is 15.0. The fourth-order valence-corrected chi connectivity index (χ4v) is 4.55. The topological polar surface area (TPSA) is 56.8 Å². The van der Waals surface area contributed by atoms with Crippen LogP contribution in [0.3, 0.4) is 0 Å². The molecule has 0 unspecified atom stereocenters. The minimum Gasteiger partial charge on any atom is -0.497 e. The molecule has 2 atom stereocenters. The fraction of sp³-hybridized carbons (Fsp3) is 0.444. The lowest BCUT2D eigenvalue weighted by atomic mass is 9.98. The molecule has 2 rings (SSSR count). The quantitative estimate of drug-likeness (QED) is 0.278. The van der Waals surface area contributed by atoms with Gasteiger partial charge in [-0.05, 0) is 59.9 Å². The van der Waals surface area contributed by atoms with Crippen molar-refractivity contribution in [1.29, 1.82) is 0 Å². The van der Waals surface area contributed by atoms with Crippen molar-refractivity contribution in [2.75, 3.05) is 7.11 Å². The normalized spacial score (nSPS) is 13.5. The van der Waals surface area contributed by atoms with Gasteiger partial charge in [0.1, 0.15) is 12.4 Å². The number of hydrogen-bond donors (Lipinski definition) is 1. The Labute approximate surface area is 210 Å². The second-order valence-electron chi connectivity index (χ2n) is 9.77. The first-order chi connectivity index (χ1) is 16.0. The van der Waals surface area contributed by atoms with Crippen LogP contribution in [0.1, 0.15) is 50.8 Å². The number of terminal acetylenes is 1. The van der Waals surface area contributed by atoms with Crippen LogP contribution in [0.5, 0.6) is 5.75 Å². The Morgan fingerprint density at radius 3 is 2.26 bits per heavy atom. The van der Waals surface area contributed by atoms with Gasteiger partial charge in [0, 0.05) is 11.4 Å². The molecule has 1 N–H and O–H groups in total. The van der Waals surface area contributed by atoms with Crippen LogP contribution in [-0.2, 0) is 15.8 Å². The van der Waals surface area contributed by atoms with Gasteiger partial charge < -0.3 is 19.2 Å². The molecule has 184 valence electrons. The molecule has 5 nitrogen and oxygen atoms in total. The molecule has 34 heavy (non-hydrogen) atoms. The molecule has 0 radical (unpaired) electrons. The number of halogens is 1. The number of amides is 1. The van der Waals surface area contributed by atoms with Gasteiger partial charge in [-0.2, -0.15) is 0 Å². The smallest absolute Gasteiger partial charge is 0.407 e. The van der Waals surface area contributed by atoms with Crippen molar-refractivity contribution in [3.8, 4) is 18.1 Å². The van der Waals surface area contributed by atoms with Gasteiger partial charge >= 0.3 is 6.09 Å². The summed E-state index contributed by atoms with van der Waals surface area (Å²) in [5, 5.41) is 3.64. The number of carbonyl (C=O) groups is 1. The van der Waals surface area contributed by atoms with Crippen molar-refractivity contribution in [2.45, 2.75) is 70.5 Å². The van der Waals surface area contributed by atoms with Crippen molar-refractivity contribution in [2.24, 2.45) is 0 Å². The SMILES string of the molecule is C#CCC[C@@H](NC(=O)OCc1ccc(OC)cc1)[C@H](O[Si](C)(C)C(C)(C)C)c1ccc(Cl)cc1. The van der Waals surface area contributed by atoms with Crippen LogP contribution in [0, 0.1) is 12.3 Å². The number of hydrogen-bond acceptors (Lipinski definition) is 4. The maximum absolute atomic E-state index is 12.8. The van der Waals surface area contributed by atoms with Crippen molar-refractivity contribution < 1.29 is 18.7 Å². The van der Waals surface area contributed by atoms with Gasteiger partial charge in [0.05, 0.1) is 19.3 Å². The van der Waals surface area contributed by atoms with E-state index in [1.807, 2.05) is 48.5 Å². The summed E-state index contributed by atoms with van der Waals surface area (Å²) in [5.41, 5.74) is 1.80. The zero-order valence-corrected chi connectivity index (χ0v) is 22.7. The number of methoxy groups -OCH3 is 1. The summed E-state index contributed by atoms with van der Waals surface area (Å²) in [5.74, 6) is 3.43. The van der Waals surface area contributed by atoms with Crippen molar-refractivity contribution in [3.05, 3.63) is 64.7 Å². The predicted octanol–water partition coefficient (Wildman–Crippen LogP) is 7.12. The van der Waals surface area contributed by atoms with E-state index in [4.69, 9.17) is 31.9 Å². The largest absolute Gasteiger partial charge is 0.497 e. The first kappa shape index (κ1) is 27.8. The maximum Gasteiger partial charge on any atom is 0.407 e. The summed E-state index contributed by atoms with van der Waals surface area (Å²) >= 11 is 6.13. The number of ether oxygens (including phenoxy) is 2. The van der Waals surface area contributed by atoms with E-state index in [0.29, 0.717) is 17.9 Å². The highest BCUT2D eigenvalue weighted by molar-refractivity contribution is 6.74. The van der Waals surface area contributed by atoms with E-state index in [0.717, 1.165) is 16.9 Å². The van der Waals surface area contributed by atoms with Gasteiger partial charge in [-0.25, -0.2) is 4.79 Å². The molecule has 0 aliphatic rings. The van der Waals surface area contributed by atoms with Crippen LogP contribution in [0.25, 0.3) is 0 Å². The molecule has 1 amide bonds. The zero-order valence-electron chi connectivity index (χ0n) is 21.0. The van der Waals surface area contributed by atoms with Crippen LogP contribution in [0.2, 0.25) is 23.2 Å². The third kappa shape index (κ3) is 8.09. The van der Waals surface area contributed by atoms with E-state index >= 15 is 0 Å². The van der Waals surface area contributed by atoms with Crippen LogP contribution < -0.4 is 10.1 Å². The lowest BCUT2D eigenvalue weighted by molar-refractivity contribution is 0.104. The Bertz CT molecular complexity index is 962. The van der Waals surface area contributed by atoms with E-state index in [1.165, 1.54) is 0 Å². The van der Waals surface area contributed by atoms with Crippen molar-refractivity contribution >= 4 is 26.0 Å². The van der Waals surface area contributed by atoms with Crippen molar-refractivity contribution in [3.63, 3.8) is 0 Å². The Kier molecular flexibility index (Phi) is 10.1. The first-order valence-electron chi connectivity index (χ1n) is 11.4. The molecule has 2 aromatic carbocycles. The molecule has 0 aliphatic carbocycles. The van der Waals surface area contributed by atoms with Crippen molar-refractivity contribution in [1.82, 2.24) is 5.32 Å². The lowest BCUT2D eigenvalue weighted by Gasteiger charge is -2.41. The molecular formula is C27H36ClNO4Si. The van der Waals surface area contributed by atoms with Gasteiger partial charge in [0.2, 0.25) is 0 Å². The summed E-state index contributed by atoms with van der Waals surface area (Å²) in [4.78, 5) is 12.8. The standard InChI is InChI=1S/C27H36ClNO4Si/c1-8-9-10-24(29-26(30)32-19-20-11-17-23(31-5)18-12-20)25(21-13-15-22(28)16-14-21)33-34(6,7)27(2,3)4/h1,11-18,24-25H,9-10,19H2,2-7H3,(H,29,30)/t24-,25-/m1/s1. The fourth-order valence-electron chi connectivity index (χ4n) is 3.13. The van der Waals surface area contributed by atoms with Gasteiger partial charge in [0.15, 0.2) is 8.32 Å². The Morgan fingerprint density at radius 2 is 1.74 bits per heavy atom. The molecule has 0 bridgehead atoms. The van der Waals surface area contributed by atoms with E-state index in [2.05, 4.69) is 45.1 Å². The summed E-state index contributed by atoms with van der Waals surface area (Å²) in [6, 6.07) is 14.6. The highest BCUT2D eigenvalue weighted by Crippen LogP contribution is 2.41. The minimum absolute atomic E-state index is 0.0107. The van der Waals surface area contributed by atoms with E-state index in [9.17, 15) is 4.79 Å². The number of carbonyl (C=O) groups excluding carboxylic acids is 1. The van der Waals surface area contributed by atoms with Crippen LogP contribution in [-0.4, -0.2) is 27.6 Å². The highest BCUT2D eigenvalue weighted by atomic mass is 35.5. The van der Waals surface area contributed by atoms with Gasteiger partial charge in [-0.1, -0.05) is 56.6 Å².